The van der Waals surface area contributed by atoms with Crippen LogP contribution in [0, 0.1) is 0 Å². The summed E-state index contributed by atoms with van der Waals surface area (Å²) < 4.78 is 0. The van der Waals surface area contributed by atoms with E-state index in [9.17, 15) is 9.59 Å². The number of nitrogens with two attached hydrogens (primary N) is 1. The zero-order valence-electron chi connectivity index (χ0n) is 11.2. The Bertz CT molecular complexity index is 256. The topological polar surface area (TPSA) is 84.2 Å². The molecule has 0 saturated heterocycles. The Labute approximate surface area is 104 Å². The fourth-order valence-corrected chi connectivity index (χ4v) is 1.30. The molecule has 0 radical (unpaired) electrons. The van der Waals surface area contributed by atoms with Crippen molar-refractivity contribution in [3.63, 3.8) is 0 Å². The maximum absolute atomic E-state index is 11.7. The monoisotopic (exact) mass is 243 g/mol. The van der Waals surface area contributed by atoms with E-state index in [1.54, 1.807) is 6.92 Å². The fraction of sp³-hybridized carbons (Fsp3) is 0.833. The highest BCUT2D eigenvalue weighted by molar-refractivity contribution is 5.89. The summed E-state index contributed by atoms with van der Waals surface area (Å²) in [4.78, 5) is 23.2. The van der Waals surface area contributed by atoms with Gasteiger partial charge in [-0.1, -0.05) is 20.3 Å². The van der Waals surface area contributed by atoms with Gasteiger partial charge in [0, 0.05) is 6.04 Å². The molecule has 100 valence electrons. The van der Waals surface area contributed by atoms with Crippen LogP contribution in [-0.2, 0) is 9.59 Å². The molecule has 17 heavy (non-hydrogen) atoms. The average molecular weight is 243 g/mol. The number of carbonyl (C=O) groups is 2. The van der Waals surface area contributed by atoms with Crippen LogP contribution >= 0.6 is 0 Å². The summed E-state index contributed by atoms with van der Waals surface area (Å²) in [5.74, 6) is -0.435. The van der Waals surface area contributed by atoms with Crippen molar-refractivity contribution in [2.45, 2.75) is 65.1 Å². The smallest absolute Gasteiger partial charge is 0.242 e. The van der Waals surface area contributed by atoms with Gasteiger partial charge in [0.1, 0.15) is 6.04 Å². The average Bonchev–Trinajstić information content (AvgIpc) is 2.28. The lowest BCUT2D eigenvalue weighted by molar-refractivity contribution is -0.129. The zero-order chi connectivity index (χ0) is 13.4. The zero-order valence-corrected chi connectivity index (χ0v) is 11.2. The number of carbonyl (C=O) groups excluding carboxylic acids is 2. The predicted molar refractivity (Wildman–Crippen MR) is 68.4 cm³/mol. The maximum atomic E-state index is 11.7. The van der Waals surface area contributed by atoms with Crippen molar-refractivity contribution in [1.29, 1.82) is 0 Å². The minimum absolute atomic E-state index is 0.117. The van der Waals surface area contributed by atoms with Crippen molar-refractivity contribution < 1.29 is 9.59 Å². The highest BCUT2D eigenvalue weighted by atomic mass is 16.2. The first-order chi connectivity index (χ1) is 7.92. The highest BCUT2D eigenvalue weighted by Crippen LogP contribution is 1.95. The van der Waals surface area contributed by atoms with Crippen LogP contribution in [0.25, 0.3) is 0 Å². The van der Waals surface area contributed by atoms with Gasteiger partial charge in [0.15, 0.2) is 0 Å². The fourth-order valence-electron chi connectivity index (χ4n) is 1.30. The molecule has 0 aliphatic carbocycles. The lowest BCUT2D eigenvalue weighted by atomic mass is 10.1. The van der Waals surface area contributed by atoms with Crippen LogP contribution in [0.15, 0.2) is 0 Å². The second kappa shape index (κ2) is 8.06. The summed E-state index contributed by atoms with van der Waals surface area (Å²) in [5, 5.41) is 5.43. The summed E-state index contributed by atoms with van der Waals surface area (Å²) in [6.45, 7) is 7.54. The standard InChI is InChI=1S/C12H25N3O2/c1-5-7-10(13)12(17)15-9(4)11(16)14-8(3)6-2/h8-10H,5-7,13H2,1-4H3,(H,14,16)(H,15,17). The normalized spacial score (nSPS) is 15.8. The first-order valence-corrected chi connectivity index (χ1v) is 6.28. The molecule has 0 bridgehead atoms. The lowest BCUT2D eigenvalue weighted by Gasteiger charge is -2.19. The van der Waals surface area contributed by atoms with E-state index < -0.39 is 12.1 Å². The van der Waals surface area contributed by atoms with E-state index in [4.69, 9.17) is 5.73 Å². The first-order valence-electron chi connectivity index (χ1n) is 6.28. The molecule has 0 aliphatic rings. The Morgan fingerprint density at radius 1 is 1.12 bits per heavy atom. The number of hydrogen-bond donors (Lipinski definition) is 3. The predicted octanol–water partition coefficient (Wildman–Crippen LogP) is 0.533. The van der Waals surface area contributed by atoms with Crippen molar-refractivity contribution in [3.8, 4) is 0 Å². The summed E-state index contributed by atoms with van der Waals surface area (Å²) in [7, 11) is 0. The SMILES string of the molecule is CCCC(N)C(=O)NC(C)C(=O)NC(C)CC. The maximum Gasteiger partial charge on any atom is 0.242 e. The van der Waals surface area contributed by atoms with Crippen LogP contribution in [0.2, 0.25) is 0 Å². The van der Waals surface area contributed by atoms with Crippen LogP contribution in [0.5, 0.6) is 0 Å². The minimum Gasteiger partial charge on any atom is -0.352 e. The van der Waals surface area contributed by atoms with Gasteiger partial charge >= 0.3 is 0 Å². The van der Waals surface area contributed by atoms with Crippen molar-refractivity contribution in [2.24, 2.45) is 5.73 Å². The molecule has 5 nitrogen and oxygen atoms in total. The van der Waals surface area contributed by atoms with E-state index >= 15 is 0 Å². The number of rotatable bonds is 7. The van der Waals surface area contributed by atoms with Gasteiger partial charge in [0.05, 0.1) is 6.04 Å². The molecule has 0 rings (SSSR count). The van der Waals surface area contributed by atoms with Gasteiger partial charge in [0.2, 0.25) is 11.8 Å². The molecule has 0 aromatic rings. The van der Waals surface area contributed by atoms with Crippen LogP contribution < -0.4 is 16.4 Å². The third-order valence-electron chi connectivity index (χ3n) is 2.69. The van der Waals surface area contributed by atoms with Crippen LogP contribution in [0.4, 0.5) is 0 Å². The summed E-state index contributed by atoms with van der Waals surface area (Å²) in [6, 6.07) is -0.954. The first kappa shape index (κ1) is 15.9. The van der Waals surface area contributed by atoms with Gasteiger partial charge < -0.3 is 16.4 Å². The minimum atomic E-state index is -0.542. The molecule has 0 saturated carbocycles. The van der Waals surface area contributed by atoms with Crippen LogP contribution in [0.1, 0.15) is 47.0 Å². The van der Waals surface area contributed by atoms with E-state index in [1.165, 1.54) is 0 Å². The third-order valence-corrected chi connectivity index (χ3v) is 2.69. The lowest BCUT2D eigenvalue weighted by Crippen LogP contribution is -2.51. The summed E-state index contributed by atoms with van der Waals surface area (Å²) in [5.41, 5.74) is 5.66. The van der Waals surface area contributed by atoms with Gasteiger partial charge in [-0.2, -0.15) is 0 Å². The molecule has 0 aromatic heterocycles. The number of hydrogen-bond acceptors (Lipinski definition) is 3. The molecule has 5 heteroatoms. The molecule has 0 spiro atoms. The Kier molecular flexibility index (Phi) is 7.54. The van der Waals surface area contributed by atoms with Crippen molar-refractivity contribution >= 4 is 11.8 Å². The van der Waals surface area contributed by atoms with E-state index in [0.29, 0.717) is 6.42 Å². The van der Waals surface area contributed by atoms with Crippen molar-refractivity contribution in [2.75, 3.05) is 0 Å². The molecular weight excluding hydrogens is 218 g/mol. The quantitative estimate of drug-likeness (QED) is 0.610. The molecule has 2 amide bonds. The van der Waals surface area contributed by atoms with Gasteiger partial charge in [-0.05, 0) is 26.7 Å². The second-order valence-electron chi connectivity index (χ2n) is 4.44. The number of nitrogens with one attached hydrogen (secondary N) is 2. The molecule has 3 unspecified atom stereocenters. The Hall–Kier alpha value is -1.10. The Morgan fingerprint density at radius 2 is 1.71 bits per heavy atom. The molecule has 0 aromatic carbocycles. The largest absolute Gasteiger partial charge is 0.352 e. The highest BCUT2D eigenvalue weighted by Gasteiger charge is 2.19. The second-order valence-corrected chi connectivity index (χ2v) is 4.44. The van der Waals surface area contributed by atoms with E-state index in [-0.39, 0.29) is 17.9 Å². The van der Waals surface area contributed by atoms with E-state index in [1.807, 2.05) is 20.8 Å². The molecule has 0 aliphatic heterocycles. The third kappa shape index (κ3) is 6.26. The van der Waals surface area contributed by atoms with Crippen LogP contribution in [0.3, 0.4) is 0 Å². The molecule has 0 heterocycles. The van der Waals surface area contributed by atoms with E-state index in [2.05, 4.69) is 10.6 Å². The molecule has 4 N–H and O–H groups in total. The van der Waals surface area contributed by atoms with Gasteiger partial charge in [-0.3, -0.25) is 9.59 Å². The van der Waals surface area contributed by atoms with Crippen LogP contribution in [-0.4, -0.2) is 29.9 Å². The Morgan fingerprint density at radius 3 is 2.18 bits per heavy atom. The van der Waals surface area contributed by atoms with Gasteiger partial charge in [-0.15, -0.1) is 0 Å². The van der Waals surface area contributed by atoms with Crippen molar-refractivity contribution in [3.05, 3.63) is 0 Å². The number of amides is 2. The molecular formula is C12H25N3O2. The summed E-state index contributed by atoms with van der Waals surface area (Å²) >= 11 is 0. The van der Waals surface area contributed by atoms with Gasteiger partial charge in [0.25, 0.3) is 0 Å². The van der Waals surface area contributed by atoms with Gasteiger partial charge in [-0.25, -0.2) is 0 Å². The van der Waals surface area contributed by atoms with E-state index in [0.717, 1.165) is 12.8 Å². The van der Waals surface area contributed by atoms with Crippen molar-refractivity contribution in [1.82, 2.24) is 10.6 Å². The molecule has 3 atom stereocenters. The summed E-state index contributed by atoms with van der Waals surface area (Å²) in [6.07, 6.45) is 2.34. The molecule has 0 fully saturated rings. The Balaban J connectivity index is 4.11.